The quantitative estimate of drug-likeness (QED) is 0.738. The second-order valence-corrected chi connectivity index (χ2v) is 3.14. The summed E-state index contributed by atoms with van der Waals surface area (Å²) >= 11 is 0. The number of hydrogen-bond acceptors (Lipinski definition) is 4. The van der Waals surface area contributed by atoms with E-state index in [1.165, 1.54) is 12.1 Å². The third-order valence-electron chi connectivity index (χ3n) is 1.94. The summed E-state index contributed by atoms with van der Waals surface area (Å²) in [6.07, 6.45) is -1.48. The number of hydrogen-bond donors (Lipinski definition) is 2. The van der Waals surface area contributed by atoms with Crippen LogP contribution < -0.4 is 4.74 Å². The van der Waals surface area contributed by atoms with Crippen molar-refractivity contribution in [3.8, 4) is 5.75 Å². The number of benzene rings is 1. The van der Waals surface area contributed by atoms with E-state index in [0.717, 1.165) is 6.07 Å². The van der Waals surface area contributed by atoms with E-state index in [1.807, 2.05) is 0 Å². The van der Waals surface area contributed by atoms with E-state index in [-0.39, 0.29) is 17.9 Å². The smallest absolute Gasteiger partial charge is 0.341 e. The Morgan fingerprint density at radius 3 is 2.82 bits per heavy atom. The van der Waals surface area contributed by atoms with Gasteiger partial charge in [-0.05, 0) is 19.1 Å². The largest absolute Gasteiger partial charge is 0.481 e. The van der Waals surface area contributed by atoms with Gasteiger partial charge < -0.3 is 19.7 Å². The number of aliphatic carboxylic acids is 1. The van der Waals surface area contributed by atoms with Crippen LogP contribution in [0, 0.1) is 5.82 Å². The number of rotatable bonds is 6. The van der Waals surface area contributed by atoms with Crippen molar-refractivity contribution in [1.82, 2.24) is 0 Å². The highest BCUT2D eigenvalue weighted by Crippen LogP contribution is 2.28. The maximum Gasteiger partial charge on any atom is 0.341 e. The van der Waals surface area contributed by atoms with Crippen LogP contribution in [-0.2, 0) is 9.53 Å². The van der Waals surface area contributed by atoms with Crippen LogP contribution in [0.1, 0.15) is 18.8 Å². The fraction of sp³-hybridized carbons (Fsp3) is 0.364. The lowest BCUT2D eigenvalue weighted by Crippen LogP contribution is -2.13. The first-order valence-corrected chi connectivity index (χ1v) is 4.99. The van der Waals surface area contributed by atoms with Gasteiger partial charge in [-0.15, -0.1) is 0 Å². The highest BCUT2D eigenvalue weighted by molar-refractivity contribution is 5.68. The van der Waals surface area contributed by atoms with Gasteiger partial charge in [0.1, 0.15) is 11.6 Å². The lowest BCUT2D eigenvalue weighted by molar-refractivity contribution is -0.139. The van der Waals surface area contributed by atoms with Crippen molar-refractivity contribution >= 4 is 5.97 Å². The molecule has 0 aliphatic carbocycles. The van der Waals surface area contributed by atoms with Gasteiger partial charge >= 0.3 is 5.97 Å². The van der Waals surface area contributed by atoms with Gasteiger partial charge in [0.15, 0.2) is 12.9 Å². The topological polar surface area (TPSA) is 76.0 Å². The third kappa shape index (κ3) is 3.69. The summed E-state index contributed by atoms with van der Waals surface area (Å²) in [5.74, 6) is -1.95. The maximum atomic E-state index is 13.5. The Morgan fingerprint density at radius 1 is 1.53 bits per heavy atom. The van der Waals surface area contributed by atoms with Crippen molar-refractivity contribution in [1.29, 1.82) is 0 Å². The Morgan fingerprint density at radius 2 is 2.24 bits per heavy atom. The van der Waals surface area contributed by atoms with Crippen LogP contribution in [0.4, 0.5) is 4.39 Å². The van der Waals surface area contributed by atoms with E-state index in [0.29, 0.717) is 0 Å². The van der Waals surface area contributed by atoms with Gasteiger partial charge in [-0.1, -0.05) is 6.07 Å². The highest BCUT2D eigenvalue weighted by atomic mass is 19.1. The molecule has 94 valence electrons. The SMILES string of the molecule is CCOC(O)c1c(F)cccc1OCC(=O)O. The van der Waals surface area contributed by atoms with Crippen molar-refractivity contribution in [2.75, 3.05) is 13.2 Å². The molecule has 0 amide bonds. The Kier molecular flexibility index (Phi) is 4.86. The van der Waals surface area contributed by atoms with Crippen LogP contribution in [0.15, 0.2) is 18.2 Å². The zero-order valence-electron chi connectivity index (χ0n) is 9.22. The Balaban J connectivity index is 2.95. The molecule has 0 aliphatic rings. The molecule has 0 saturated carbocycles. The van der Waals surface area contributed by atoms with Crippen LogP contribution in [-0.4, -0.2) is 29.4 Å². The van der Waals surface area contributed by atoms with E-state index >= 15 is 0 Å². The molecule has 0 aliphatic heterocycles. The van der Waals surface area contributed by atoms with E-state index in [9.17, 15) is 14.3 Å². The van der Waals surface area contributed by atoms with Crippen molar-refractivity contribution in [2.24, 2.45) is 0 Å². The predicted molar refractivity (Wildman–Crippen MR) is 56.1 cm³/mol. The number of carboxylic acid groups (broad SMARTS) is 1. The molecule has 0 fully saturated rings. The van der Waals surface area contributed by atoms with Crippen molar-refractivity contribution in [2.45, 2.75) is 13.2 Å². The van der Waals surface area contributed by atoms with E-state index in [2.05, 4.69) is 0 Å². The molecule has 1 atom stereocenters. The molecule has 6 heteroatoms. The Hall–Kier alpha value is -1.66. The molecular formula is C11H13FO5. The summed E-state index contributed by atoms with van der Waals surface area (Å²) in [6.45, 7) is 1.21. The number of carbonyl (C=O) groups is 1. The molecule has 0 aromatic heterocycles. The van der Waals surface area contributed by atoms with E-state index in [1.54, 1.807) is 6.92 Å². The number of aliphatic hydroxyl groups excluding tert-OH is 1. The molecule has 0 bridgehead atoms. The van der Waals surface area contributed by atoms with Crippen LogP contribution in [0.25, 0.3) is 0 Å². The molecule has 1 rings (SSSR count). The summed E-state index contributed by atoms with van der Waals surface area (Å²) in [6, 6.07) is 3.85. The molecule has 1 aromatic rings. The predicted octanol–water partition coefficient (Wildman–Crippen LogP) is 1.32. The van der Waals surface area contributed by atoms with Gasteiger partial charge in [0.25, 0.3) is 0 Å². The zero-order valence-corrected chi connectivity index (χ0v) is 9.22. The summed E-state index contributed by atoms with van der Waals surface area (Å²) < 4.78 is 23.2. The number of ether oxygens (including phenoxy) is 2. The molecule has 0 heterocycles. The Bertz CT molecular complexity index is 393. The van der Waals surface area contributed by atoms with Gasteiger partial charge in [-0.2, -0.15) is 0 Å². The lowest BCUT2D eigenvalue weighted by Gasteiger charge is -2.15. The average Bonchev–Trinajstić information content (AvgIpc) is 2.26. The standard InChI is InChI=1S/C11H13FO5/c1-2-16-11(15)10-7(12)4-3-5-8(10)17-6-9(13)14/h3-5,11,15H,2,6H2,1H3,(H,13,14). The van der Waals surface area contributed by atoms with E-state index < -0.39 is 24.7 Å². The molecule has 1 unspecified atom stereocenters. The number of halogens is 1. The molecule has 2 N–H and O–H groups in total. The van der Waals surface area contributed by atoms with Crippen molar-refractivity contribution in [3.63, 3.8) is 0 Å². The Labute approximate surface area is 97.4 Å². The summed E-state index contributed by atoms with van der Waals surface area (Å²) in [4.78, 5) is 10.4. The molecular weight excluding hydrogens is 231 g/mol. The van der Waals surface area contributed by atoms with E-state index in [4.69, 9.17) is 14.6 Å². The molecule has 0 spiro atoms. The molecule has 17 heavy (non-hydrogen) atoms. The van der Waals surface area contributed by atoms with Gasteiger partial charge in [0.05, 0.1) is 5.56 Å². The lowest BCUT2D eigenvalue weighted by atomic mass is 10.2. The van der Waals surface area contributed by atoms with Crippen LogP contribution in [0.5, 0.6) is 5.75 Å². The minimum atomic E-state index is -1.48. The first kappa shape index (κ1) is 13.4. The second kappa shape index (κ2) is 6.17. The minimum absolute atomic E-state index is 0.0478. The van der Waals surface area contributed by atoms with Gasteiger partial charge in [-0.3, -0.25) is 0 Å². The van der Waals surface area contributed by atoms with Crippen LogP contribution in [0.3, 0.4) is 0 Å². The fourth-order valence-electron chi connectivity index (χ4n) is 1.26. The minimum Gasteiger partial charge on any atom is -0.481 e. The first-order chi connectivity index (χ1) is 8.06. The maximum absolute atomic E-state index is 13.5. The van der Waals surface area contributed by atoms with Crippen LogP contribution in [0.2, 0.25) is 0 Å². The summed E-state index contributed by atoms with van der Waals surface area (Å²) in [5.41, 5.74) is -0.199. The van der Waals surface area contributed by atoms with Gasteiger partial charge in [0, 0.05) is 6.61 Å². The fourth-order valence-corrected chi connectivity index (χ4v) is 1.26. The molecule has 5 nitrogen and oxygen atoms in total. The van der Waals surface area contributed by atoms with Gasteiger partial charge in [-0.25, -0.2) is 9.18 Å². The third-order valence-corrected chi connectivity index (χ3v) is 1.94. The van der Waals surface area contributed by atoms with Crippen molar-refractivity contribution < 1.29 is 28.9 Å². The normalized spacial score (nSPS) is 12.2. The number of carboxylic acids is 1. The summed E-state index contributed by atoms with van der Waals surface area (Å²) in [5, 5.41) is 18.0. The first-order valence-electron chi connectivity index (χ1n) is 4.99. The summed E-state index contributed by atoms with van der Waals surface area (Å²) in [7, 11) is 0. The van der Waals surface area contributed by atoms with Crippen LogP contribution >= 0.6 is 0 Å². The van der Waals surface area contributed by atoms with Crippen molar-refractivity contribution in [3.05, 3.63) is 29.6 Å². The average molecular weight is 244 g/mol. The monoisotopic (exact) mass is 244 g/mol. The zero-order chi connectivity index (χ0) is 12.8. The number of aliphatic hydroxyl groups is 1. The second-order valence-electron chi connectivity index (χ2n) is 3.14. The highest BCUT2D eigenvalue weighted by Gasteiger charge is 2.19. The molecule has 0 saturated heterocycles. The molecule has 1 aromatic carbocycles. The molecule has 0 radical (unpaired) electrons. The van der Waals surface area contributed by atoms with Gasteiger partial charge in [0.2, 0.25) is 0 Å².